The van der Waals surface area contributed by atoms with Gasteiger partial charge >= 0.3 is 0 Å². The van der Waals surface area contributed by atoms with Gasteiger partial charge in [-0.15, -0.1) is 0 Å². The van der Waals surface area contributed by atoms with Gasteiger partial charge in [0.15, 0.2) is 0 Å². The smallest absolute Gasteiger partial charge is 0.253 e. The Labute approximate surface area is 103 Å². The molecule has 4 heteroatoms. The fourth-order valence-corrected chi connectivity index (χ4v) is 2.13. The highest BCUT2D eigenvalue weighted by Crippen LogP contribution is 2.36. The standard InChI is InChI=1S/C12H14BrNO2/c1-3-12(2)8-11(15)14(16-12)10-7-5-4-6-9(10)13/h4-7H,3,8H2,1-2H3. The summed E-state index contributed by atoms with van der Waals surface area (Å²) >= 11 is 3.42. The van der Waals surface area contributed by atoms with Gasteiger partial charge < -0.3 is 0 Å². The van der Waals surface area contributed by atoms with Crippen molar-refractivity contribution in [2.24, 2.45) is 0 Å². The molecule has 1 aliphatic rings. The molecule has 0 radical (unpaired) electrons. The highest BCUT2D eigenvalue weighted by Gasteiger charge is 2.41. The largest absolute Gasteiger partial charge is 0.272 e. The van der Waals surface area contributed by atoms with E-state index >= 15 is 0 Å². The molecule has 3 nitrogen and oxygen atoms in total. The Morgan fingerprint density at radius 1 is 1.50 bits per heavy atom. The van der Waals surface area contributed by atoms with Crippen molar-refractivity contribution in [2.75, 3.05) is 5.06 Å². The van der Waals surface area contributed by atoms with Gasteiger partial charge in [-0.3, -0.25) is 9.63 Å². The van der Waals surface area contributed by atoms with Crippen molar-refractivity contribution in [3.63, 3.8) is 0 Å². The van der Waals surface area contributed by atoms with Gasteiger partial charge in [0.25, 0.3) is 5.91 Å². The lowest BCUT2D eigenvalue weighted by atomic mass is 10.0. The minimum absolute atomic E-state index is 0.0104. The maximum atomic E-state index is 11.9. The zero-order chi connectivity index (χ0) is 11.8. The first-order valence-electron chi connectivity index (χ1n) is 5.32. The van der Waals surface area contributed by atoms with Crippen LogP contribution in [0.1, 0.15) is 26.7 Å². The van der Waals surface area contributed by atoms with Crippen molar-refractivity contribution in [3.05, 3.63) is 28.7 Å². The number of amides is 1. The quantitative estimate of drug-likeness (QED) is 0.834. The van der Waals surface area contributed by atoms with Gasteiger partial charge in [-0.25, -0.2) is 0 Å². The summed E-state index contributed by atoms with van der Waals surface area (Å²) in [4.78, 5) is 17.6. The van der Waals surface area contributed by atoms with Crippen LogP contribution >= 0.6 is 15.9 Å². The van der Waals surface area contributed by atoms with E-state index < -0.39 is 0 Å². The second-order valence-corrected chi connectivity index (χ2v) is 5.07. The number of carbonyl (C=O) groups is 1. The number of para-hydroxylation sites is 1. The molecule has 0 aromatic heterocycles. The summed E-state index contributed by atoms with van der Waals surface area (Å²) in [5.74, 6) is 0.0104. The first-order valence-corrected chi connectivity index (χ1v) is 6.12. The summed E-state index contributed by atoms with van der Waals surface area (Å²) < 4.78 is 0.865. The molecule has 1 fully saturated rings. The molecule has 1 atom stereocenters. The van der Waals surface area contributed by atoms with E-state index in [4.69, 9.17) is 4.84 Å². The number of hydroxylamine groups is 1. The van der Waals surface area contributed by atoms with Gasteiger partial charge in [-0.05, 0) is 41.4 Å². The third-order valence-electron chi connectivity index (χ3n) is 2.88. The first-order chi connectivity index (χ1) is 7.56. The average molecular weight is 284 g/mol. The molecular formula is C12H14BrNO2. The average Bonchev–Trinajstić information content (AvgIpc) is 2.56. The lowest BCUT2D eigenvalue weighted by Gasteiger charge is -2.22. The van der Waals surface area contributed by atoms with Gasteiger partial charge in [0.2, 0.25) is 0 Å². The van der Waals surface area contributed by atoms with E-state index in [1.807, 2.05) is 38.1 Å². The number of hydrogen-bond acceptors (Lipinski definition) is 2. The molecule has 1 aliphatic heterocycles. The Kier molecular flexibility index (Phi) is 3.04. The van der Waals surface area contributed by atoms with Gasteiger partial charge in [0.05, 0.1) is 12.1 Å². The van der Waals surface area contributed by atoms with Crippen LogP contribution in [0.5, 0.6) is 0 Å². The van der Waals surface area contributed by atoms with Crippen molar-refractivity contribution in [3.8, 4) is 0 Å². The highest BCUT2D eigenvalue weighted by molar-refractivity contribution is 9.10. The van der Waals surface area contributed by atoms with E-state index in [1.54, 1.807) is 0 Å². The second kappa shape index (κ2) is 4.18. The molecule has 1 unspecified atom stereocenters. The van der Waals surface area contributed by atoms with Crippen molar-refractivity contribution in [1.82, 2.24) is 0 Å². The molecule has 1 aromatic rings. The molecule has 1 amide bonds. The van der Waals surface area contributed by atoms with Crippen molar-refractivity contribution >= 4 is 27.5 Å². The number of anilines is 1. The molecule has 0 saturated carbocycles. The van der Waals surface area contributed by atoms with Crippen molar-refractivity contribution in [1.29, 1.82) is 0 Å². The Morgan fingerprint density at radius 3 is 2.75 bits per heavy atom. The number of halogens is 1. The van der Waals surface area contributed by atoms with Gasteiger partial charge in [0.1, 0.15) is 5.60 Å². The minimum Gasteiger partial charge on any atom is -0.272 e. The van der Waals surface area contributed by atoms with Crippen LogP contribution in [0, 0.1) is 0 Å². The van der Waals surface area contributed by atoms with E-state index in [-0.39, 0.29) is 11.5 Å². The van der Waals surface area contributed by atoms with Crippen LogP contribution in [0.2, 0.25) is 0 Å². The zero-order valence-electron chi connectivity index (χ0n) is 9.37. The van der Waals surface area contributed by atoms with Crippen LogP contribution in [0.3, 0.4) is 0 Å². The lowest BCUT2D eigenvalue weighted by Crippen LogP contribution is -2.27. The molecule has 0 N–H and O–H groups in total. The van der Waals surface area contributed by atoms with Crippen LogP contribution in [0.15, 0.2) is 28.7 Å². The maximum Gasteiger partial charge on any atom is 0.253 e. The van der Waals surface area contributed by atoms with E-state index in [1.165, 1.54) is 5.06 Å². The summed E-state index contributed by atoms with van der Waals surface area (Å²) in [6.45, 7) is 3.98. The predicted molar refractivity (Wildman–Crippen MR) is 66.0 cm³/mol. The van der Waals surface area contributed by atoms with Crippen LogP contribution in [0.25, 0.3) is 0 Å². The van der Waals surface area contributed by atoms with Gasteiger partial charge in [-0.2, -0.15) is 5.06 Å². The molecular weight excluding hydrogens is 270 g/mol. The van der Waals surface area contributed by atoms with Crippen LogP contribution in [0.4, 0.5) is 5.69 Å². The number of carbonyl (C=O) groups excluding carboxylic acids is 1. The fraction of sp³-hybridized carbons (Fsp3) is 0.417. The number of benzene rings is 1. The second-order valence-electron chi connectivity index (χ2n) is 4.21. The summed E-state index contributed by atoms with van der Waals surface area (Å²) in [6, 6.07) is 7.56. The van der Waals surface area contributed by atoms with Gasteiger partial charge in [0, 0.05) is 4.47 Å². The number of hydrogen-bond donors (Lipinski definition) is 0. The molecule has 0 spiro atoms. The van der Waals surface area contributed by atoms with Crippen LogP contribution < -0.4 is 5.06 Å². The van der Waals surface area contributed by atoms with Crippen LogP contribution in [-0.4, -0.2) is 11.5 Å². The summed E-state index contributed by atoms with van der Waals surface area (Å²) in [6.07, 6.45) is 1.25. The SMILES string of the molecule is CCC1(C)CC(=O)N(c2ccccc2Br)O1. The number of nitrogens with zero attached hydrogens (tertiary/aromatic N) is 1. The number of rotatable bonds is 2. The van der Waals surface area contributed by atoms with E-state index in [0.717, 1.165) is 16.6 Å². The Morgan fingerprint density at radius 2 is 2.19 bits per heavy atom. The van der Waals surface area contributed by atoms with E-state index in [2.05, 4.69) is 15.9 Å². The molecule has 16 heavy (non-hydrogen) atoms. The van der Waals surface area contributed by atoms with Crippen molar-refractivity contribution in [2.45, 2.75) is 32.3 Å². The summed E-state index contributed by atoms with van der Waals surface area (Å²) in [7, 11) is 0. The maximum absolute atomic E-state index is 11.9. The molecule has 2 rings (SSSR count). The molecule has 0 bridgehead atoms. The van der Waals surface area contributed by atoms with E-state index in [0.29, 0.717) is 6.42 Å². The highest BCUT2D eigenvalue weighted by atomic mass is 79.9. The Bertz CT molecular complexity index is 421. The molecule has 1 aromatic carbocycles. The predicted octanol–water partition coefficient (Wildman–Crippen LogP) is 3.29. The van der Waals surface area contributed by atoms with E-state index in [9.17, 15) is 4.79 Å². The Hall–Kier alpha value is -0.870. The monoisotopic (exact) mass is 283 g/mol. The lowest BCUT2D eigenvalue weighted by molar-refractivity contribution is -0.119. The first kappa shape index (κ1) is 11.6. The van der Waals surface area contributed by atoms with Crippen molar-refractivity contribution < 1.29 is 9.63 Å². The third kappa shape index (κ3) is 1.99. The topological polar surface area (TPSA) is 29.5 Å². The fourth-order valence-electron chi connectivity index (χ4n) is 1.68. The summed E-state index contributed by atoms with van der Waals surface area (Å²) in [5, 5.41) is 1.40. The molecule has 0 aliphatic carbocycles. The summed E-state index contributed by atoms with van der Waals surface area (Å²) in [5.41, 5.74) is 0.400. The Balaban J connectivity index is 2.31. The van der Waals surface area contributed by atoms with Crippen LogP contribution in [-0.2, 0) is 9.63 Å². The minimum atomic E-state index is -0.369. The third-order valence-corrected chi connectivity index (χ3v) is 3.55. The molecule has 1 heterocycles. The molecule has 1 saturated heterocycles. The zero-order valence-corrected chi connectivity index (χ0v) is 11.0. The molecule has 86 valence electrons. The normalized spacial score (nSPS) is 25.2. The van der Waals surface area contributed by atoms with Gasteiger partial charge in [-0.1, -0.05) is 19.1 Å².